The summed E-state index contributed by atoms with van der Waals surface area (Å²) in [4.78, 5) is 19.2. The molecule has 3 aromatic rings. The number of para-hydroxylation sites is 1. The van der Waals surface area contributed by atoms with E-state index < -0.39 is 12.0 Å². The second-order valence-corrected chi connectivity index (χ2v) is 12.5. The van der Waals surface area contributed by atoms with Crippen molar-refractivity contribution in [3.8, 4) is 5.75 Å². The summed E-state index contributed by atoms with van der Waals surface area (Å²) in [5, 5.41) is 8.84. The summed E-state index contributed by atoms with van der Waals surface area (Å²) < 4.78 is 50.0. The third kappa shape index (κ3) is 6.64. The van der Waals surface area contributed by atoms with Crippen molar-refractivity contribution in [2.24, 2.45) is 0 Å². The number of rotatable bonds is 5. The van der Waals surface area contributed by atoms with Crippen molar-refractivity contribution in [1.82, 2.24) is 29.7 Å². The number of amides is 1. The first-order valence-corrected chi connectivity index (χ1v) is 14.4. The van der Waals surface area contributed by atoms with E-state index in [0.29, 0.717) is 19.6 Å². The summed E-state index contributed by atoms with van der Waals surface area (Å²) in [5.74, 6) is -0.267. The van der Waals surface area contributed by atoms with Crippen molar-refractivity contribution in [3.05, 3.63) is 54.1 Å². The van der Waals surface area contributed by atoms with Gasteiger partial charge in [-0.25, -0.2) is 9.48 Å². The van der Waals surface area contributed by atoms with Gasteiger partial charge in [-0.2, -0.15) is 0 Å². The largest absolute Gasteiger partial charge is 0.573 e. The maximum Gasteiger partial charge on any atom is 0.573 e. The van der Waals surface area contributed by atoms with Gasteiger partial charge in [0, 0.05) is 44.3 Å². The van der Waals surface area contributed by atoms with E-state index in [4.69, 9.17) is 4.74 Å². The molecule has 2 unspecified atom stereocenters. The molecule has 5 rings (SSSR count). The summed E-state index contributed by atoms with van der Waals surface area (Å²) in [6, 6.07) is 13.8. The molecule has 2 atom stereocenters. The molecule has 1 aromatic heterocycles. The Kier molecular flexibility index (Phi) is 8.14. The number of hydrogen-bond acceptors (Lipinski definition) is 7. The number of piperidine rings is 1. The fourth-order valence-electron chi connectivity index (χ4n) is 6.02. The maximum atomic E-state index is 12.8. The van der Waals surface area contributed by atoms with Gasteiger partial charge >= 0.3 is 12.5 Å². The Balaban J connectivity index is 1.34. The molecule has 1 amide bonds. The Morgan fingerprint density at radius 1 is 1.00 bits per heavy atom. The van der Waals surface area contributed by atoms with Crippen LogP contribution in [0.1, 0.15) is 59.2 Å². The highest BCUT2D eigenvalue weighted by Gasteiger charge is 2.42. The highest BCUT2D eigenvalue weighted by molar-refractivity contribution is 5.74. The lowest BCUT2D eigenvalue weighted by Crippen LogP contribution is -2.62. The minimum Gasteiger partial charge on any atom is -0.444 e. The SMILES string of the molecule is CC1CN(C2(C)CCN(C(=O)OC(C)(C)C)CC2)CCN1C(c1ccc(OC(F)(F)F)cc1)n1nnc2ccccc21. The van der Waals surface area contributed by atoms with Gasteiger partial charge in [-0.1, -0.05) is 29.5 Å². The number of carbonyl (C=O) groups excluding carboxylic acids is 1. The van der Waals surface area contributed by atoms with E-state index in [0.717, 1.165) is 42.5 Å². The van der Waals surface area contributed by atoms with Crippen molar-refractivity contribution in [3.63, 3.8) is 0 Å². The second kappa shape index (κ2) is 11.4. The topological polar surface area (TPSA) is 76.0 Å². The summed E-state index contributed by atoms with van der Waals surface area (Å²) in [6.07, 6.45) is -3.71. The molecule has 2 aromatic carbocycles. The smallest absolute Gasteiger partial charge is 0.444 e. The first kappa shape index (κ1) is 30.1. The Morgan fingerprint density at radius 3 is 2.29 bits per heavy atom. The molecule has 2 aliphatic rings. The number of nitrogens with zero attached hydrogens (tertiary/aromatic N) is 6. The first-order valence-electron chi connectivity index (χ1n) is 14.4. The summed E-state index contributed by atoms with van der Waals surface area (Å²) in [6.45, 7) is 13.6. The molecule has 0 radical (unpaired) electrons. The summed E-state index contributed by atoms with van der Waals surface area (Å²) in [7, 11) is 0. The fraction of sp³-hybridized carbons (Fsp3) is 0.567. The van der Waals surface area contributed by atoms with Crippen LogP contribution in [0.2, 0.25) is 0 Å². The van der Waals surface area contributed by atoms with E-state index in [1.54, 1.807) is 17.0 Å². The van der Waals surface area contributed by atoms with Gasteiger partial charge in [-0.3, -0.25) is 9.80 Å². The Labute approximate surface area is 244 Å². The lowest BCUT2D eigenvalue weighted by Gasteiger charge is -2.52. The average Bonchev–Trinajstić information content (AvgIpc) is 3.33. The van der Waals surface area contributed by atoms with Crippen LogP contribution >= 0.6 is 0 Å². The van der Waals surface area contributed by atoms with E-state index in [9.17, 15) is 18.0 Å². The van der Waals surface area contributed by atoms with E-state index in [1.807, 2.05) is 49.7 Å². The predicted molar refractivity (Wildman–Crippen MR) is 152 cm³/mol. The molecule has 2 aliphatic heterocycles. The maximum absolute atomic E-state index is 12.8. The average molecular weight is 589 g/mol. The molecule has 9 nitrogen and oxygen atoms in total. The molecular formula is C30H39F3N6O3. The molecule has 228 valence electrons. The minimum absolute atomic E-state index is 0.0646. The number of hydrogen-bond donors (Lipinski definition) is 0. The number of ether oxygens (including phenoxy) is 2. The molecule has 12 heteroatoms. The van der Waals surface area contributed by atoms with Crippen LogP contribution in [0.5, 0.6) is 5.75 Å². The third-order valence-electron chi connectivity index (χ3n) is 8.27. The van der Waals surface area contributed by atoms with Crippen LogP contribution in [0.3, 0.4) is 0 Å². The van der Waals surface area contributed by atoms with E-state index in [1.165, 1.54) is 12.1 Å². The highest BCUT2D eigenvalue weighted by atomic mass is 19.4. The van der Waals surface area contributed by atoms with Gasteiger partial charge in [0.1, 0.15) is 23.0 Å². The van der Waals surface area contributed by atoms with Crippen LogP contribution in [0, 0.1) is 0 Å². The van der Waals surface area contributed by atoms with Crippen LogP contribution in [0.25, 0.3) is 11.0 Å². The fourth-order valence-corrected chi connectivity index (χ4v) is 6.02. The number of alkyl halides is 3. The molecule has 0 saturated carbocycles. The third-order valence-corrected chi connectivity index (χ3v) is 8.27. The molecule has 0 aliphatic carbocycles. The van der Waals surface area contributed by atoms with Crippen molar-refractivity contribution in [2.45, 2.75) is 77.2 Å². The second-order valence-electron chi connectivity index (χ2n) is 12.5. The lowest BCUT2D eigenvalue weighted by molar-refractivity contribution is -0.274. The number of carbonyl (C=O) groups is 1. The van der Waals surface area contributed by atoms with Crippen LogP contribution < -0.4 is 4.74 Å². The van der Waals surface area contributed by atoms with Crippen molar-refractivity contribution in [2.75, 3.05) is 32.7 Å². The number of benzene rings is 2. The summed E-state index contributed by atoms with van der Waals surface area (Å²) >= 11 is 0. The van der Waals surface area contributed by atoms with Crippen LogP contribution in [-0.2, 0) is 4.74 Å². The first-order chi connectivity index (χ1) is 19.7. The molecule has 2 fully saturated rings. The molecule has 42 heavy (non-hydrogen) atoms. The molecular weight excluding hydrogens is 549 g/mol. The predicted octanol–water partition coefficient (Wildman–Crippen LogP) is 5.67. The number of fused-ring (bicyclic) bond motifs is 1. The van der Waals surface area contributed by atoms with Gasteiger partial charge in [0.05, 0.1) is 5.52 Å². The lowest BCUT2D eigenvalue weighted by atomic mass is 9.86. The monoisotopic (exact) mass is 588 g/mol. The Bertz CT molecular complexity index is 1380. The minimum atomic E-state index is -4.76. The van der Waals surface area contributed by atoms with Gasteiger partial charge in [0.25, 0.3) is 0 Å². The van der Waals surface area contributed by atoms with E-state index in [2.05, 4.69) is 38.7 Å². The van der Waals surface area contributed by atoms with Crippen molar-refractivity contribution in [1.29, 1.82) is 0 Å². The molecule has 2 saturated heterocycles. The molecule has 3 heterocycles. The number of aromatic nitrogens is 3. The van der Waals surface area contributed by atoms with Gasteiger partial charge in [0.2, 0.25) is 0 Å². The van der Waals surface area contributed by atoms with Gasteiger partial charge < -0.3 is 14.4 Å². The van der Waals surface area contributed by atoms with E-state index in [-0.39, 0.29) is 29.6 Å². The van der Waals surface area contributed by atoms with Crippen LogP contribution in [-0.4, -0.2) is 92.1 Å². The zero-order valence-electron chi connectivity index (χ0n) is 24.8. The van der Waals surface area contributed by atoms with Gasteiger partial charge in [-0.15, -0.1) is 18.3 Å². The summed E-state index contributed by atoms with van der Waals surface area (Å²) in [5.41, 5.74) is 1.79. The zero-order valence-corrected chi connectivity index (χ0v) is 24.8. The van der Waals surface area contributed by atoms with Crippen LogP contribution in [0.15, 0.2) is 48.5 Å². The molecule has 0 bridgehead atoms. The van der Waals surface area contributed by atoms with Gasteiger partial charge in [-0.05, 0) is 77.3 Å². The normalized spacial score (nSPS) is 21.3. The number of likely N-dealkylation sites (tertiary alicyclic amines) is 1. The Hall–Kier alpha value is -3.38. The van der Waals surface area contributed by atoms with Gasteiger partial charge in [0.15, 0.2) is 0 Å². The van der Waals surface area contributed by atoms with E-state index >= 15 is 0 Å². The van der Waals surface area contributed by atoms with Crippen molar-refractivity contribution >= 4 is 17.1 Å². The highest BCUT2D eigenvalue weighted by Crippen LogP contribution is 2.35. The molecule has 0 N–H and O–H groups in total. The Morgan fingerprint density at radius 2 is 1.67 bits per heavy atom. The van der Waals surface area contributed by atoms with Crippen LogP contribution in [0.4, 0.5) is 18.0 Å². The molecule has 0 spiro atoms. The van der Waals surface area contributed by atoms with Crippen molar-refractivity contribution < 1.29 is 27.4 Å². The number of halogens is 3. The number of piperazine rings is 1. The quantitative estimate of drug-likeness (QED) is 0.380. The standard InChI is InChI=1S/C30H39F3N6O3/c1-21-20-37(29(5)14-16-36(17-15-29)27(40)42-28(2,3)4)18-19-38(21)26(39-25-9-7-6-8-24(25)34-35-39)22-10-12-23(13-11-22)41-30(31,32)33/h6-13,21,26H,14-20H2,1-5H3. The zero-order chi connectivity index (χ0) is 30.3.